The summed E-state index contributed by atoms with van der Waals surface area (Å²) in [5.41, 5.74) is -0.777. The zero-order valence-corrected chi connectivity index (χ0v) is 12.7. The molecule has 0 radical (unpaired) electrons. The second-order valence-electron chi connectivity index (χ2n) is 4.33. The van der Waals surface area contributed by atoms with E-state index in [-0.39, 0.29) is 30.8 Å². The summed E-state index contributed by atoms with van der Waals surface area (Å²) >= 11 is 0. The Labute approximate surface area is 126 Å². The number of benzene rings is 1. The van der Waals surface area contributed by atoms with Gasteiger partial charge in [0.2, 0.25) is 21.7 Å². The number of amides is 1. The second kappa shape index (κ2) is 7.80. The van der Waals surface area contributed by atoms with Gasteiger partial charge < -0.3 is 5.32 Å². The van der Waals surface area contributed by atoms with Gasteiger partial charge in [0.1, 0.15) is 0 Å². The molecule has 0 heterocycles. The SMILES string of the molecule is CCS(=O)(=O)NCCNC(=O)Cc1cccc(F)c1[N+](=O)[O-]. The number of hydrogen-bond donors (Lipinski definition) is 2. The van der Waals surface area contributed by atoms with Crippen molar-refractivity contribution >= 4 is 21.6 Å². The summed E-state index contributed by atoms with van der Waals surface area (Å²) in [5.74, 6) is -1.65. The highest BCUT2D eigenvalue weighted by Gasteiger charge is 2.21. The summed E-state index contributed by atoms with van der Waals surface area (Å²) in [4.78, 5) is 21.6. The summed E-state index contributed by atoms with van der Waals surface area (Å²) in [6.07, 6.45) is -0.366. The Balaban J connectivity index is 2.57. The molecule has 0 saturated carbocycles. The maximum Gasteiger partial charge on any atom is 0.308 e. The molecule has 1 rings (SSSR count). The first kappa shape index (κ1) is 18.0. The fourth-order valence-electron chi connectivity index (χ4n) is 1.65. The number of nitrogens with one attached hydrogen (secondary N) is 2. The molecule has 0 aliphatic rings. The molecule has 0 aromatic heterocycles. The van der Waals surface area contributed by atoms with Crippen LogP contribution in [0, 0.1) is 15.9 Å². The summed E-state index contributed by atoms with van der Waals surface area (Å²) in [6.45, 7) is 1.51. The number of rotatable bonds is 8. The van der Waals surface area contributed by atoms with Crippen LogP contribution in [0.4, 0.5) is 10.1 Å². The predicted octanol–water partition coefficient (Wildman–Crippen LogP) is 0.332. The Morgan fingerprint density at radius 3 is 2.64 bits per heavy atom. The van der Waals surface area contributed by atoms with Crippen LogP contribution < -0.4 is 10.0 Å². The minimum Gasteiger partial charge on any atom is -0.354 e. The minimum absolute atomic E-state index is 0.00710. The van der Waals surface area contributed by atoms with Crippen molar-refractivity contribution < 1.29 is 22.5 Å². The van der Waals surface area contributed by atoms with E-state index in [4.69, 9.17) is 0 Å². The van der Waals surface area contributed by atoms with Gasteiger partial charge in [0, 0.05) is 18.7 Å². The fourth-order valence-corrected chi connectivity index (χ4v) is 2.27. The van der Waals surface area contributed by atoms with E-state index in [0.29, 0.717) is 0 Å². The molecular formula is C12H16FN3O5S. The molecule has 2 N–H and O–H groups in total. The molecule has 8 nitrogen and oxygen atoms in total. The van der Waals surface area contributed by atoms with Crippen molar-refractivity contribution in [3.63, 3.8) is 0 Å². The molecule has 1 amide bonds. The molecule has 1 aromatic carbocycles. The van der Waals surface area contributed by atoms with E-state index in [1.165, 1.54) is 19.1 Å². The van der Waals surface area contributed by atoms with Crippen molar-refractivity contribution in [3.05, 3.63) is 39.7 Å². The number of hydrogen-bond acceptors (Lipinski definition) is 5. The molecule has 0 atom stereocenters. The highest BCUT2D eigenvalue weighted by Crippen LogP contribution is 2.22. The Morgan fingerprint density at radius 2 is 2.05 bits per heavy atom. The average molecular weight is 333 g/mol. The molecule has 122 valence electrons. The standard InChI is InChI=1S/C12H16FN3O5S/c1-2-22(20,21)15-7-6-14-11(17)8-9-4-3-5-10(13)12(9)16(18)19/h3-5,15H,2,6-8H2,1H3,(H,14,17). The van der Waals surface area contributed by atoms with Crippen LogP contribution in [-0.4, -0.2) is 38.1 Å². The lowest BCUT2D eigenvalue weighted by Crippen LogP contribution is -2.36. The molecule has 10 heteroatoms. The second-order valence-corrected chi connectivity index (χ2v) is 6.42. The third-order valence-corrected chi connectivity index (χ3v) is 4.16. The molecule has 0 spiro atoms. The first-order valence-corrected chi connectivity index (χ1v) is 8.08. The Bertz CT molecular complexity index is 663. The lowest BCUT2D eigenvalue weighted by atomic mass is 10.1. The Kier molecular flexibility index (Phi) is 6.38. The summed E-state index contributed by atoms with van der Waals surface area (Å²) < 4.78 is 37.9. The Hall–Kier alpha value is -2.07. The van der Waals surface area contributed by atoms with Gasteiger partial charge >= 0.3 is 5.69 Å². The van der Waals surface area contributed by atoms with E-state index < -0.39 is 32.4 Å². The third-order valence-electron chi connectivity index (χ3n) is 2.75. The molecule has 1 aromatic rings. The number of nitrogens with zero attached hydrogens (tertiary/aromatic N) is 1. The van der Waals surface area contributed by atoms with Crippen LogP contribution in [0.3, 0.4) is 0 Å². The van der Waals surface area contributed by atoms with Crippen LogP contribution in [0.5, 0.6) is 0 Å². The number of para-hydroxylation sites is 1. The topological polar surface area (TPSA) is 118 Å². The predicted molar refractivity (Wildman–Crippen MR) is 77.2 cm³/mol. The van der Waals surface area contributed by atoms with E-state index in [0.717, 1.165) is 6.07 Å². The van der Waals surface area contributed by atoms with Crippen LogP contribution in [0.25, 0.3) is 0 Å². The van der Waals surface area contributed by atoms with Gasteiger partial charge in [0.25, 0.3) is 0 Å². The van der Waals surface area contributed by atoms with Crippen molar-refractivity contribution in [2.24, 2.45) is 0 Å². The lowest BCUT2D eigenvalue weighted by molar-refractivity contribution is -0.388. The van der Waals surface area contributed by atoms with Gasteiger partial charge in [-0.1, -0.05) is 12.1 Å². The fraction of sp³-hybridized carbons (Fsp3) is 0.417. The first-order valence-electron chi connectivity index (χ1n) is 6.42. The van der Waals surface area contributed by atoms with Crippen LogP contribution in [-0.2, 0) is 21.2 Å². The van der Waals surface area contributed by atoms with Crippen LogP contribution in [0.2, 0.25) is 0 Å². The first-order chi connectivity index (χ1) is 10.3. The molecule has 0 bridgehead atoms. The van der Waals surface area contributed by atoms with E-state index in [1.54, 1.807) is 0 Å². The van der Waals surface area contributed by atoms with Crippen LogP contribution in [0.15, 0.2) is 18.2 Å². The molecule has 0 unspecified atom stereocenters. The average Bonchev–Trinajstić information content (AvgIpc) is 2.43. The van der Waals surface area contributed by atoms with Gasteiger partial charge in [-0.15, -0.1) is 0 Å². The van der Waals surface area contributed by atoms with Gasteiger partial charge in [-0.25, -0.2) is 13.1 Å². The van der Waals surface area contributed by atoms with Crippen molar-refractivity contribution in [2.45, 2.75) is 13.3 Å². The van der Waals surface area contributed by atoms with E-state index in [2.05, 4.69) is 10.0 Å². The number of sulfonamides is 1. The van der Waals surface area contributed by atoms with Crippen molar-refractivity contribution in [1.29, 1.82) is 0 Å². The summed E-state index contributed by atoms with van der Waals surface area (Å²) in [7, 11) is -3.34. The van der Waals surface area contributed by atoms with Gasteiger partial charge in [-0.3, -0.25) is 14.9 Å². The largest absolute Gasteiger partial charge is 0.354 e. The zero-order chi connectivity index (χ0) is 16.8. The number of carbonyl (C=O) groups is 1. The van der Waals surface area contributed by atoms with Crippen LogP contribution >= 0.6 is 0 Å². The Morgan fingerprint density at radius 1 is 1.36 bits per heavy atom. The van der Waals surface area contributed by atoms with Gasteiger partial charge in [0.15, 0.2) is 0 Å². The molecule has 0 aliphatic carbocycles. The van der Waals surface area contributed by atoms with Gasteiger partial charge in [0.05, 0.1) is 17.1 Å². The highest BCUT2D eigenvalue weighted by molar-refractivity contribution is 7.89. The van der Waals surface area contributed by atoms with E-state index in [1.807, 2.05) is 0 Å². The van der Waals surface area contributed by atoms with Crippen molar-refractivity contribution in [2.75, 3.05) is 18.8 Å². The number of carbonyl (C=O) groups excluding carboxylic acids is 1. The molecule has 22 heavy (non-hydrogen) atoms. The third kappa shape index (κ3) is 5.37. The number of nitro groups is 1. The summed E-state index contributed by atoms with van der Waals surface area (Å²) in [5, 5.41) is 13.2. The quantitative estimate of drug-likeness (QED) is 0.404. The molecular weight excluding hydrogens is 317 g/mol. The number of halogens is 1. The molecule has 0 saturated heterocycles. The van der Waals surface area contributed by atoms with Gasteiger partial charge in [-0.2, -0.15) is 4.39 Å². The lowest BCUT2D eigenvalue weighted by Gasteiger charge is -2.07. The van der Waals surface area contributed by atoms with E-state index >= 15 is 0 Å². The number of nitro benzene ring substituents is 1. The summed E-state index contributed by atoms with van der Waals surface area (Å²) in [6, 6.07) is 3.51. The zero-order valence-electron chi connectivity index (χ0n) is 11.8. The van der Waals surface area contributed by atoms with Crippen molar-refractivity contribution in [3.8, 4) is 0 Å². The molecule has 0 aliphatic heterocycles. The van der Waals surface area contributed by atoms with Gasteiger partial charge in [-0.05, 0) is 13.0 Å². The normalized spacial score (nSPS) is 11.2. The maximum absolute atomic E-state index is 13.4. The molecule has 0 fully saturated rings. The highest BCUT2D eigenvalue weighted by atomic mass is 32.2. The maximum atomic E-state index is 13.4. The smallest absolute Gasteiger partial charge is 0.308 e. The van der Waals surface area contributed by atoms with Crippen LogP contribution in [0.1, 0.15) is 12.5 Å². The van der Waals surface area contributed by atoms with E-state index in [9.17, 15) is 27.7 Å². The minimum atomic E-state index is -3.34. The van der Waals surface area contributed by atoms with Crippen molar-refractivity contribution in [1.82, 2.24) is 10.0 Å². The monoisotopic (exact) mass is 333 g/mol.